The SMILES string of the molecule is CO/N=C(\C)CCSCCNC(=O)CCNC(=O)C(O)C(C)(C)COP(=O)(O)OC(C)(C)C. The molecule has 2 atom stereocenters. The average molecular weight is 514 g/mol. The number of carbonyl (C=O) groups is 2. The minimum Gasteiger partial charge on any atom is -0.399 e. The molecule has 13 heteroatoms. The van der Waals surface area contributed by atoms with E-state index in [-0.39, 0.29) is 25.5 Å². The van der Waals surface area contributed by atoms with Gasteiger partial charge in [0.25, 0.3) is 0 Å². The first-order chi connectivity index (χ1) is 15.1. The maximum atomic E-state index is 12.2. The van der Waals surface area contributed by atoms with Crippen LogP contribution in [0.3, 0.4) is 0 Å². The standard InChI is InChI=1S/C20H40N3O8PS/c1-15(23-29-7)9-12-33-13-11-21-16(24)8-10-22-18(26)17(25)20(5,6)14-30-32(27,28)31-19(2,3)4/h17,25H,8-14H2,1-7H3,(H,21,24)(H,22,26)(H,27,28)/b23-15+. The van der Waals surface area contributed by atoms with E-state index in [1.54, 1.807) is 32.5 Å². The molecule has 4 N–H and O–H groups in total. The zero-order chi connectivity index (χ0) is 25.7. The number of nitrogens with zero attached hydrogens (tertiary/aromatic N) is 1. The second kappa shape index (κ2) is 15.0. The van der Waals surface area contributed by atoms with Crippen molar-refractivity contribution >= 4 is 37.1 Å². The molecular weight excluding hydrogens is 473 g/mol. The van der Waals surface area contributed by atoms with E-state index >= 15 is 0 Å². The highest BCUT2D eigenvalue weighted by molar-refractivity contribution is 7.99. The summed E-state index contributed by atoms with van der Waals surface area (Å²) in [4.78, 5) is 38.6. The number of nitrogens with one attached hydrogen (secondary N) is 2. The van der Waals surface area contributed by atoms with Crippen LogP contribution in [0.15, 0.2) is 5.16 Å². The summed E-state index contributed by atoms with van der Waals surface area (Å²) in [7, 11) is -2.85. The van der Waals surface area contributed by atoms with Crippen molar-refractivity contribution < 1.29 is 38.0 Å². The van der Waals surface area contributed by atoms with Crippen LogP contribution < -0.4 is 10.6 Å². The van der Waals surface area contributed by atoms with Gasteiger partial charge in [0.2, 0.25) is 11.8 Å². The molecular formula is C20H40N3O8PS. The number of phosphoric acid groups is 1. The number of thioether (sulfide) groups is 1. The monoisotopic (exact) mass is 513 g/mol. The molecule has 0 aliphatic rings. The fraction of sp³-hybridized carbons (Fsp3) is 0.850. The Balaban J connectivity index is 4.20. The fourth-order valence-corrected chi connectivity index (χ4v) is 4.46. The van der Waals surface area contributed by atoms with Gasteiger partial charge in [-0.2, -0.15) is 11.8 Å². The van der Waals surface area contributed by atoms with Gasteiger partial charge >= 0.3 is 7.82 Å². The molecule has 0 aromatic carbocycles. The molecule has 194 valence electrons. The lowest BCUT2D eigenvalue weighted by atomic mass is 9.87. The van der Waals surface area contributed by atoms with Gasteiger partial charge in [-0.05, 0) is 39.9 Å². The minimum atomic E-state index is -4.35. The first-order valence-corrected chi connectivity index (χ1v) is 13.3. The molecule has 0 aliphatic heterocycles. The largest absolute Gasteiger partial charge is 0.472 e. The van der Waals surface area contributed by atoms with Gasteiger partial charge in [0.05, 0.1) is 17.9 Å². The number of hydrogen-bond acceptors (Lipinski definition) is 9. The molecule has 0 radical (unpaired) electrons. The number of hydrogen-bond donors (Lipinski definition) is 4. The van der Waals surface area contributed by atoms with E-state index < -0.39 is 30.8 Å². The summed E-state index contributed by atoms with van der Waals surface area (Å²) in [5.74, 6) is 0.699. The van der Waals surface area contributed by atoms with Crippen molar-refractivity contribution in [2.24, 2.45) is 10.6 Å². The fourth-order valence-electron chi connectivity index (χ4n) is 2.32. The Morgan fingerprint density at radius 1 is 1.09 bits per heavy atom. The third-order valence-corrected chi connectivity index (χ3v) is 6.27. The number of aliphatic hydroxyl groups excluding tert-OH is 1. The molecule has 0 bridgehead atoms. The molecule has 2 amide bonds. The predicted octanol–water partition coefficient (Wildman–Crippen LogP) is 2.07. The van der Waals surface area contributed by atoms with Crippen molar-refractivity contribution in [3.05, 3.63) is 0 Å². The van der Waals surface area contributed by atoms with Crippen molar-refractivity contribution in [1.82, 2.24) is 10.6 Å². The number of rotatable bonds is 16. The van der Waals surface area contributed by atoms with Crippen molar-refractivity contribution in [2.75, 3.05) is 38.3 Å². The van der Waals surface area contributed by atoms with Crippen molar-refractivity contribution in [1.29, 1.82) is 0 Å². The van der Waals surface area contributed by atoms with E-state index in [1.807, 2.05) is 6.92 Å². The van der Waals surface area contributed by atoms with Crippen LogP contribution in [0, 0.1) is 5.41 Å². The topological polar surface area (TPSA) is 156 Å². The third-order valence-electron chi connectivity index (χ3n) is 4.05. The molecule has 11 nitrogen and oxygen atoms in total. The van der Waals surface area contributed by atoms with Crippen LogP contribution in [0.1, 0.15) is 54.4 Å². The van der Waals surface area contributed by atoms with Crippen LogP contribution in [0.5, 0.6) is 0 Å². The van der Waals surface area contributed by atoms with Crippen molar-refractivity contribution in [3.8, 4) is 0 Å². The number of aliphatic hydroxyl groups is 1. The average Bonchev–Trinajstić information content (AvgIpc) is 2.67. The van der Waals surface area contributed by atoms with E-state index in [4.69, 9.17) is 9.05 Å². The van der Waals surface area contributed by atoms with Gasteiger partial charge in [0.15, 0.2) is 0 Å². The van der Waals surface area contributed by atoms with Gasteiger partial charge < -0.3 is 25.5 Å². The highest BCUT2D eigenvalue weighted by Gasteiger charge is 2.38. The molecule has 33 heavy (non-hydrogen) atoms. The van der Waals surface area contributed by atoms with Crippen molar-refractivity contribution in [3.63, 3.8) is 0 Å². The zero-order valence-electron chi connectivity index (χ0n) is 20.7. The molecule has 0 aliphatic carbocycles. The lowest BCUT2D eigenvalue weighted by Crippen LogP contribution is -2.46. The van der Waals surface area contributed by atoms with Crippen LogP contribution in [-0.2, 0) is 28.0 Å². The molecule has 0 heterocycles. The number of phosphoric ester groups is 1. The Hall–Kier alpha value is -1.17. The van der Waals surface area contributed by atoms with E-state index in [2.05, 4.69) is 20.6 Å². The molecule has 0 aromatic rings. The van der Waals surface area contributed by atoms with Crippen LogP contribution >= 0.6 is 19.6 Å². The summed E-state index contributed by atoms with van der Waals surface area (Å²) in [6.07, 6.45) is -0.649. The lowest BCUT2D eigenvalue weighted by Gasteiger charge is -2.31. The maximum Gasteiger partial charge on any atom is 0.472 e. The van der Waals surface area contributed by atoms with Gasteiger partial charge in [-0.15, -0.1) is 0 Å². The maximum absolute atomic E-state index is 12.2. The first-order valence-electron chi connectivity index (χ1n) is 10.6. The van der Waals surface area contributed by atoms with Gasteiger partial charge in [-0.1, -0.05) is 19.0 Å². The van der Waals surface area contributed by atoms with E-state index in [1.165, 1.54) is 21.0 Å². The summed E-state index contributed by atoms with van der Waals surface area (Å²) < 4.78 is 21.9. The Kier molecular flexibility index (Phi) is 14.4. The summed E-state index contributed by atoms with van der Waals surface area (Å²) in [6.45, 7) is 9.88. The summed E-state index contributed by atoms with van der Waals surface area (Å²) in [5, 5.41) is 19.4. The molecule has 2 unspecified atom stereocenters. The molecule has 0 saturated carbocycles. The van der Waals surface area contributed by atoms with Gasteiger partial charge in [-0.3, -0.25) is 18.6 Å². The van der Waals surface area contributed by atoms with E-state index in [0.29, 0.717) is 6.54 Å². The summed E-state index contributed by atoms with van der Waals surface area (Å²) in [5.41, 5.74) is -1.16. The number of oxime groups is 1. The number of amides is 2. The predicted molar refractivity (Wildman–Crippen MR) is 129 cm³/mol. The Labute approximate surface area is 201 Å². The van der Waals surface area contributed by atoms with Gasteiger partial charge in [0.1, 0.15) is 13.2 Å². The van der Waals surface area contributed by atoms with Crippen LogP contribution in [0.4, 0.5) is 0 Å². The summed E-state index contributed by atoms with van der Waals surface area (Å²) >= 11 is 1.68. The number of carbonyl (C=O) groups excluding carboxylic acids is 2. The smallest absolute Gasteiger partial charge is 0.399 e. The first kappa shape index (κ1) is 31.8. The normalized spacial score (nSPS) is 15.5. The summed E-state index contributed by atoms with van der Waals surface area (Å²) in [6, 6.07) is 0. The quantitative estimate of drug-likeness (QED) is 0.105. The van der Waals surface area contributed by atoms with Crippen molar-refractivity contribution in [2.45, 2.75) is 66.1 Å². The molecule has 0 aromatic heterocycles. The molecule has 0 saturated heterocycles. The van der Waals surface area contributed by atoms with E-state index in [0.717, 1.165) is 23.6 Å². The Bertz CT molecular complexity index is 697. The Morgan fingerprint density at radius 2 is 1.73 bits per heavy atom. The third kappa shape index (κ3) is 16.2. The molecule has 0 fully saturated rings. The zero-order valence-corrected chi connectivity index (χ0v) is 22.4. The molecule has 0 rings (SSSR count). The minimum absolute atomic E-state index is 0.0457. The lowest BCUT2D eigenvalue weighted by molar-refractivity contribution is -0.137. The van der Waals surface area contributed by atoms with Crippen LogP contribution in [0.2, 0.25) is 0 Å². The molecule has 0 spiro atoms. The highest BCUT2D eigenvalue weighted by Crippen LogP contribution is 2.48. The highest BCUT2D eigenvalue weighted by atomic mass is 32.2. The van der Waals surface area contributed by atoms with Gasteiger partial charge in [-0.25, -0.2) is 4.57 Å². The van der Waals surface area contributed by atoms with E-state index in [9.17, 15) is 24.2 Å². The van der Waals surface area contributed by atoms with Gasteiger partial charge in [0, 0.05) is 30.7 Å². The Morgan fingerprint density at radius 3 is 2.30 bits per heavy atom. The van der Waals surface area contributed by atoms with Crippen LogP contribution in [-0.4, -0.2) is 77.5 Å². The second-order valence-corrected chi connectivity index (χ2v) is 11.7. The van der Waals surface area contributed by atoms with Crippen LogP contribution in [0.25, 0.3) is 0 Å². The second-order valence-electron chi connectivity index (χ2n) is 9.10.